The molecule has 1 atom stereocenters. The summed E-state index contributed by atoms with van der Waals surface area (Å²) in [7, 11) is 3.08. The van der Waals surface area contributed by atoms with Crippen molar-refractivity contribution in [3.05, 3.63) is 63.3 Å². The monoisotopic (exact) mass is 451 g/mol. The van der Waals surface area contributed by atoms with Crippen molar-refractivity contribution in [2.45, 2.75) is 13.0 Å². The minimum absolute atomic E-state index is 0.326. The first kappa shape index (κ1) is 21.2. The van der Waals surface area contributed by atoms with E-state index in [1.165, 1.54) is 7.11 Å². The third kappa shape index (κ3) is 4.58. The van der Waals surface area contributed by atoms with Gasteiger partial charge in [-0.2, -0.15) is 0 Å². The van der Waals surface area contributed by atoms with Gasteiger partial charge in [-0.3, -0.25) is 4.79 Å². The van der Waals surface area contributed by atoms with Gasteiger partial charge in [0.05, 0.1) is 41.6 Å². The maximum atomic E-state index is 13.2. The fraction of sp³-hybridized carbons (Fsp3) is 0.200. The second-order valence-corrected chi connectivity index (χ2v) is 7.49. The van der Waals surface area contributed by atoms with E-state index in [1.54, 1.807) is 50.4 Å². The van der Waals surface area contributed by atoms with Crippen molar-refractivity contribution in [3.8, 4) is 11.5 Å². The van der Waals surface area contributed by atoms with Crippen LogP contribution < -0.4 is 25.4 Å². The van der Waals surface area contributed by atoms with Gasteiger partial charge < -0.3 is 25.4 Å². The van der Waals surface area contributed by atoms with E-state index in [2.05, 4.69) is 16.0 Å². The average Bonchev–Trinajstić information content (AvgIpc) is 2.69. The lowest BCUT2D eigenvalue weighted by atomic mass is 9.95. The van der Waals surface area contributed by atoms with E-state index in [0.29, 0.717) is 43.6 Å². The number of nitrogens with one attached hydrogen (secondary N) is 3. The van der Waals surface area contributed by atoms with Crippen LogP contribution in [0.5, 0.6) is 11.5 Å². The van der Waals surface area contributed by atoms with Gasteiger partial charge in [0.2, 0.25) is 0 Å². The summed E-state index contributed by atoms with van der Waals surface area (Å²) < 4.78 is 10.6. The number of carbonyl (C=O) groups is 1. The number of hydrogen-bond donors (Lipinski definition) is 3. The highest BCUT2D eigenvalue weighted by Gasteiger charge is 2.30. The van der Waals surface area contributed by atoms with E-state index in [4.69, 9.17) is 44.9 Å². The summed E-state index contributed by atoms with van der Waals surface area (Å²) in [5, 5.41) is 10.2. The molecule has 0 spiro atoms. The van der Waals surface area contributed by atoms with E-state index >= 15 is 0 Å². The Morgan fingerprint density at radius 1 is 1.10 bits per heavy atom. The molecule has 0 aromatic heterocycles. The second-order valence-electron chi connectivity index (χ2n) is 6.26. The molecule has 1 unspecified atom stereocenters. The quantitative estimate of drug-likeness (QED) is 0.583. The predicted molar refractivity (Wildman–Crippen MR) is 119 cm³/mol. The number of hydrogen-bond acceptors (Lipinski definition) is 4. The molecule has 0 bridgehead atoms. The Morgan fingerprint density at radius 3 is 2.52 bits per heavy atom. The topological polar surface area (TPSA) is 71.6 Å². The molecule has 6 nitrogen and oxygen atoms in total. The number of rotatable bonds is 5. The van der Waals surface area contributed by atoms with Crippen LogP contribution in [-0.4, -0.2) is 25.2 Å². The summed E-state index contributed by atoms with van der Waals surface area (Å²) in [5.74, 6) is 0.775. The van der Waals surface area contributed by atoms with Gasteiger partial charge in [0.25, 0.3) is 5.91 Å². The first-order valence-corrected chi connectivity index (χ1v) is 9.77. The summed E-state index contributed by atoms with van der Waals surface area (Å²) in [6.45, 7) is 1.79. The van der Waals surface area contributed by atoms with E-state index in [0.717, 1.165) is 5.56 Å². The van der Waals surface area contributed by atoms with Crippen LogP contribution in [0.4, 0.5) is 5.69 Å². The number of thiocarbonyl (C=S) groups is 1. The number of carbonyl (C=O) groups excluding carboxylic acids is 1. The van der Waals surface area contributed by atoms with Crippen LogP contribution >= 0.6 is 35.4 Å². The Bertz CT molecular complexity index is 1010. The summed E-state index contributed by atoms with van der Waals surface area (Å²) in [6, 6.07) is 9.85. The zero-order valence-corrected chi connectivity index (χ0v) is 18.3. The number of halogens is 2. The van der Waals surface area contributed by atoms with Gasteiger partial charge in [-0.15, -0.1) is 0 Å². The van der Waals surface area contributed by atoms with Crippen molar-refractivity contribution in [1.29, 1.82) is 0 Å². The number of amides is 1. The van der Waals surface area contributed by atoms with Gasteiger partial charge in [0.1, 0.15) is 11.5 Å². The highest BCUT2D eigenvalue weighted by molar-refractivity contribution is 7.80. The van der Waals surface area contributed by atoms with Crippen molar-refractivity contribution in [2.24, 2.45) is 0 Å². The molecule has 0 fully saturated rings. The van der Waals surface area contributed by atoms with Gasteiger partial charge in [0, 0.05) is 11.8 Å². The van der Waals surface area contributed by atoms with Crippen LogP contribution in [-0.2, 0) is 4.79 Å². The molecule has 9 heteroatoms. The molecule has 3 rings (SSSR count). The average molecular weight is 452 g/mol. The summed E-state index contributed by atoms with van der Waals surface area (Å²) >= 11 is 17.5. The SMILES string of the molecule is COc1ccc(OC)c(NC(=O)C2=C(C)NC(=S)NC2c2ccc(Cl)c(Cl)c2)c1. The molecule has 152 valence electrons. The minimum atomic E-state index is -0.505. The lowest BCUT2D eigenvalue weighted by Crippen LogP contribution is -2.45. The van der Waals surface area contributed by atoms with Gasteiger partial charge in [-0.25, -0.2) is 0 Å². The van der Waals surface area contributed by atoms with Crippen LogP contribution in [0.2, 0.25) is 10.0 Å². The Hall–Kier alpha value is -2.48. The van der Waals surface area contributed by atoms with Crippen LogP contribution in [0.25, 0.3) is 0 Å². The molecular weight excluding hydrogens is 433 g/mol. The molecule has 0 aliphatic carbocycles. The van der Waals surface area contributed by atoms with E-state index in [9.17, 15) is 4.79 Å². The molecule has 2 aromatic carbocycles. The zero-order chi connectivity index (χ0) is 21.1. The largest absolute Gasteiger partial charge is 0.497 e. The van der Waals surface area contributed by atoms with Gasteiger partial charge in [-0.1, -0.05) is 29.3 Å². The molecule has 29 heavy (non-hydrogen) atoms. The summed E-state index contributed by atoms with van der Waals surface area (Å²) in [4.78, 5) is 13.2. The minimum Gasteiger partial charge on any atom is -0.497 e. The van der Waals surface area contributed by atoms with Crippen molar-refractivity contribution >= 4 is 52.1 Å². The second kappa shape index (κ2) is 8.90. The molecule has 0 saturated heterocycles. The lowest BCUT2D eigenvalue weighted by Gasteiger charge is -2.30. The van der Waals surface area contributed by atoms with Gasteiger partial charge >= 0.3 is 0 Å². The van der Waals surface area contributed by atoms with Crippen LogP contribution in [0.15, 0.2) is 47.7 Å². The number of anilines is 1. The first-order valence-electron chi connectivity index (χ1n) is 8.60. The van der Waals surface area contributed by atoms with Gasteiger partial charge in [-0.05, 0) is 49.0 Å². The highest BCUT2D eigenvalue weighted by Crippen LogP contribution is 2.34. The van der Waals surface area contributed by atoms with Gasteiger partial charge in [0.15, 0.2) is 5.11 Å². The molecule has 2 aromatic rings. The molecule has 1 aliphatic rings. The Labute approximate surface area is 184 Å². The van der Waals surface area contributed by atoms with Crippen molar-refractivity contribution in [1.82, 2.24) is 10.6 Å². The third-order valence-electron chi connectivity index (χ3n) is 4.45. The Morgan fingerprint density at radius 2 is 1.86 bits per heavy atom. The number of benzene rings is 2. The normalized spacial score (nSPS) is 16.0. The predicted octanol–water partition coefficient (Wildman–Crippen LogP) is 4.44. The molecule has 0 radical (unpaired) electrons. The third-order valence-corrected chi connectivity index (χ3v) is 5.40. The molecular formula is C20H19Cl2N3O3S. The smallest absolute Gasteiger partial charge is 0.255 e. The number of methoxy groups -OCH3 is 2. The van der Waals surface area contributed by atoms with Crippen LogP contribution in [0.3, 0.4) is 0 Å². The molecule has 3 N–H and O–H groups in total. The van der Waals surface area contributed by atoms with E-state index in [-0.39, 0.29) is 5.91 Å². The van der Waals surface area contributed by atoms with E-state index in [1.807, 2.05) is 0 Å². The maximum Gasteiger partial charge on any atom is 0.255 e. The molecule has 1 heterocycles. The fourth-order valence-corrected chi connectivity index (χ4v) is 3.62. The van der Waals surface area contributed by atoms with Crippen molar-refractivity contribution < 1.29 is 14.3 Å². The number of allylic oxidation sites excluding steroid dienone is 1. The molecule has 1 amide bonds. The summed E-state index contributed by atoms with van der Waals surface area (Å²) in [6.07, 6.45) is 0. The highest BCUT2D eigenvalue weighted by atomic mass is 35.5. The summed E-state index contributed by atoms with van der Waals surface area (Å²) in [5.41, 5.74) is 2.33. The standard InChI is InChI=1S/C20H19Cl2N3O3S/c1-10-17(19(26)24-15-9-12(27-2)5-7-16(15)28-3)18(25-20(29)23-10)11-4-6-13(21)14(22)8-11/h4-9,18H,1-3H3,(H,24,26)(H2,23,25,29). The zero-order valence-electron chi connectivity index (χ0n) is 15.9. The fourth-order valence-electron chi connectivity index (χ4n) is 3.04. The Balaban J connectivity index is 1.99. The molecule has 0 saturated carbocycles. The lowest BCUT2D eigenvalue weighted by molar-refractivity contribution is -0.113. The Kier molecular flexibility index (Phi) is 6.52. The van der Waals surface area contributed by atoms with Crippen LogP contribution in [0, 0.1) is 0 Å². The number of ether oxygens (including phenoxy) is 2. The van der Waals surface area contributed by atoms with Crippen molar-refractivity contribution in [3.63, 3.8) is 0 Å². The van der Waals surface area contributed by atoms with Crippen LogP contribution in [0.1, 0.15) is 18.5 Å². The molecule has 1 aliphatic heterocycles. The van der Waals surface area contributed by atoms with Crippen molar-refractivity contribution in [2.75, 3.05) is 19.5 Å². The van der Waals surface area contributed by atoms with E-state index < -0.39 is 6.04 Å². The maximum absolute atomic E-state index is 13.2. The first-order chi connectivity index (χ1) is 13.8.